The molecule has 4 rings (SSSR count). The van der Waals surface area contributed by atoms with Crippen LogP contribution in [-0.2, 0) is 6.54 Å². The lowest BCUT2D eigenvalue weighted by molar-refractivity contribution is 0.174. The summed E-state index contributed by atoms with van der Waals surface area (Å²) in [5, 5.41) is 12.2. The number of aromatic nitrogens is 1. The molecular weight excluding hydrogens is 360 g/mol. The number of ether oxygens (including phenoxy) is 2. The Bertz CT molecular complexity index is 963. The van der Waals surface area contributed by atoms with Crippen molar-refractivity contribution in [1.29, 1.82) is 0 Å². The van der Waals surface area contributed by atoms with Gasteiger partial charge in [-0.15, -0.1) is 11.3 Å². The van der Waals surface area contributed by atoms with Gasteiger partial charge in [-0.25, -0.2) is 4.99 Å². The SMILES string of the molecule is OCCn1c(-c2ccc3c(c2)OCO3)csc1=Nc1ccc(Cl)cc1. The predicted molar refractivity (Wildman–Crippen MR) is 97.6 cm³/mol. The molecule has 1 aliphatic rings. The highest BCUT2D eigenvalue weighted by Gasteiger charge is 2.16. The largest absolute Gasteiger partial charge is 0.454 e. The van der Waals surface area contributed by atoms with E-state index in [2.05, 4.69) is 4.99 Å². The topological polar surface area (TPSA) is 56.0 Å². The number of fused-ring (bicyclic) bond motifs is 1. The van der Waals surface area contributed by atoms with Crippen molar-refractivity contribution in [3.63, 3.8) is 0 Å². The van der Waals surface area contributed by atoms with Crippen LogP contribution in [0.1, 0.15) is 0 Å². The lowest BCUT2D eigenvalue weighted by Crippen LogP contribution is -2.17. The normalized spacial score (nSPS) is 13.4. The summed E-state index contributed by atoms with van der Waals surface area (Å²) in [6.45, 7) is 0.734. The first-order valence-corrected chi connectivity index (χ1v) is 9.00. The Labute approximate surface area is 153 Å². The molecule has 128 valence electrons. The van der Waals surface area contributed by atoms with Gasteiger partial charge < -0.3 is 19.1 Å². The summed E-state index contributed by atoms with van der Waals surface area (Å²) in [4.78, 5) is 5.48. The smallest absolute Gasteiger partial charge is 0.231 e. The number of rotatable bonds is 4. The van der Waals surface area contributed by atoms with E-state index in [4.69, 9.17) is 21.1 Å². The van der Waals surface area contributed by atoms with Crippen molar-refractivity contribution in [2.75, 3.05) is 13.4 Å². The molecule has 1 aromatic heterocycles. The number of hydrogen-bond acceptors (Lipinski definition) is 5. The highest BCUT2D eigenvalue weighted by molar-refractivity contribution is 7.07. The second-order valence-electron chi connectivity index (χ2n) is 5.44. The standard InChI is InChI=1S/C18H15ClN2O3S/c19-13-2-4-14(5-3-13)20-18-21(7-8-22)15(10-25-18)12-1-6-16-17(9-12)24-11-23-16/h1-6,9-10,22H,7-8,11H2. The summed E-state index contributed by atoms with van der Waals surface area (Å²) < 4.78 is 12.8. The van der Waals surface area contributed by atoms with E-state index in [0.717, 1.165) is 33.2 Å². The summed E-state index contributed by atoms with van der Waals surface area (Å²) in [5.41, 5.74) is 2.78. The molecule has 0 aliphatic carbocycles. The number of nitrogens with zero attached hydrogens (tertiary/aromatic N) is 2. The maximum absolute atomic E-state index is 9.47. The average Bonchev–Trinajstić information content (AvgIpc) is 3.24. The first-order chi connectivity index (χ1) is 12.2. The van der Waals surface area contributed by atoms with Gasteiger partial charge in [-0.2, -0.15) is 0 Å². The van der Waals surface area contributed by atoms with Crippen molar-refractivity contribution < 1.29 is 14.6 Å². The van der Waals surface area contributed by atoms with Gasteiger partial charge in [0.25, 0.3) is 0 Å². The second-order valence-corrected chi connectivity index (χ2v) is 6.71. The fraction of sp³-hybridized carbons (Fsp3) is 0.167. The number of benzene rings is 2. The van der Waals surface area contributed by atoms with Gasteiger partial charge in [0.1, 0.15) is 0 Å². The van der Waals surface area contributed by atoms with Crippen molar-refractivity contribution >= 4 is 28.6 Å². The van der Waals surface area contributed by atoms with Crippen molar-refractivity contribution in [2.24, 2.45) is 4.99 Å². The molecule has 0 saturated heterocycles. The second kappa shape index (κ2) is 6.92. The number of halogens is 1. The Morgan fingerprint density at radius 2 is 1.92 bits per heavy atom. The molecule has 0 radical (unpaired) electrons. The highest BCUT2D eigenvalue weighted by Crippen LogP contribution is 2.36. The van der Waals surface area contributed by atoms with Gasteiger partial charge in [0.05, 0.1) is 18.0 Å². The van der Waals surface area contributed by atoms with Crippen LogP contribution in [0.15, 0.2) is 52.8 Å². The summed E-state index contributed by atoms with van der Waals surface area (Å²) in [7, 11) is 0. The van der Waals surface area contributed by atoms with Gasteiger partial charge in [0, 0.05) is 22.5 Å². The van der Waals surface area contributed by atoms with E-state index in [1.54, 1.807) is 0 Å². The molecule has 0 spiro atoms. The third-order valence-corrected chi connectivity index (χ3v) is 4.96. The first kappa shape index (κ1) is 16.2. The van der Waals surface area contributed by atoms with Crippen molar-refractivity contribution in [3.05, 3.63) is 57.7 Å². The fourth-order valence-corrected chi connectivity index (χ4v) is 3.73. The molecule has 2 aromatic carbocycles. The molecule has 2 heterocycles. The monoisotopic (exact) mass is 374 g/mol. The maximum atomic E-state index is 9.47. The maximum Gasteiger partial charge on any atom is 0.231 e. The van der Waals surface area contributed by atoms with Crippen LogP contribution in [0.2, 0.25) is 5.02 Å². The number of aliphatic hydroxyl groups is 1. The zero-order valence-electron chi connectivity index (χ0n) is 13.2. The van der Waals surface area contributed by atoms with E-state index in [1.165, 1.54) is 11.3 Å². The van der Waals surface area contributed by atoms with Gasteiger partial charge in [-0.05, 0) is 42.5 Å². The third kappa shape index (κ3) is 3.28. The zero-order chi connectivity index (χ0) is 17.2. The molecule has 0 atom stereocenters. The van der Waals surface area contributed by atoms with Gasteiger partial charge in [-0.3, -0.25) is 0 Å². The lowest BCUT2D eigenvalue weighted by atomic mass is 10.1. The minimum absolute atomic E-state index is 0.0299. The molecule has 1 N–H and O–H groups in total. The van der Waals surface area contributed by atoms with E-state index >= 15 is 0 Å². The summed E-state index contributed by atoms with van der Waals surface area (Å²) in [5.74, 6) is 1.48. The van der Waals surface area contributed by atoms with Crippen molar-refractivity contribution in [3.8, 4) is 22.8 Å². The molecule has 0 bridgehead atoms. The fourth-order valence-electron chi connectivity index (χ4n) is 2.65. The zero-order valence-corrected chi connectivity index (χ0v) is 14.8. The van der Waals surface area contributed by atoms with E-state index in [0.29, 0.717) is 11.6 Å². The van der Waals surface area contributed by atoms with Crippen LogP contribution in [0.3, 0.4) is 0 Å². The van der Waals surface area contributed by atoms with Gasteiger partial charge in [-0.1, -0.05) is 11.6 Å². The van der Waals surface area contributed by atoms with Gasteiger partial charge >= 0.3 is 0 Å². The van der Waals surface area contributed by atoms with Gasteiger partial charge in [0.15, 0.2) is 16.3 Å². The minimum atomic E-state index is 0.0299. The molecule has 0 unspecified atom stereocenters. The Balaban J connectivity index is 1.79. The Morgan fingerprint density at radius 1 is 1.12 bits per heavy atom. The predicted octanol–water partition coefficient (Wildman–Crippen LogP) is 3.82. The number of thiazole rings is 1. The van der Waals surface area contributed by atoms with Crippen LogP contribution >= 0.6 is 22.9 Å². The Hall–Kier alpha value is -2.28. The third-order valence-electron chi connectivity index (χ3n) is 3.84. The molecule has 3 aromatic rings. The van der Waals surface area contributed by atoms with Crippen LogP contribution in [0, 0.1) is 0 Å². The lowest BCUT2D eigenvalue weighted by Gasteiger charge is -2.08. The van der Waals surface area contributed by atoms with Gasteiger partial charge in [0.2, 0.25) is 6.79 Å². The molecule has 0 amide bonds. The first-order valence-electron chi connectivity index (χ1n) is 7.74. The number of aliphatic hydroxyl groups excluding tert-OH is 1. The Morgan fingerprint density at radius 3 is 2.72 bits per heavy atom. The van der Waals surface area contributed by atoms with Crippen LogP contribution < -0.4 is 14.3 Å². The highest BCUT2D eigenvalue weighted by atomic mass is 35.5. The summed E-state index contributed by atoms with van der Waals surface area (Å²) in [6.07, 6.45) is 0. The quantitative estimate of drug-likeness (QED) is 0.755. The number of hydrogen-bond donors (Lipinski definition) is 1. The van der Waals surface area contributed by atoms with Crippen molar-refractivity contribution in [1.82, 2.24) is 4.57 Å². The van der Waals surface area contributed by atoms with E-state index in [1.807, 2.05) is 52.4 Å². The van der Waals surface area contributed by atoms with Crippen LogP contribution in [0.4, 0.5) is 5.69 Å². The molecule has 5 nitrogen and oxygen atoms in total. The van der Waals surface area contributed by atoms with E-state index in [-0.39, 0.29) is 13.4 Å². The molecule has 0 saturated carbocycles. The van der Waals surface area contributed by atoms with Crippen LogP contribution in [-0.4, -0.2) is 23.1 Å². The van der Waals surface area contributed by atoms with Crippen LogP contribution in [0.5, 0.6) is 11.5 Å². The molecule has 0 fully saturated rings. The summed E-state index contributed by atoms with van der Waals surface area (Å²) in [6, 6.07) is 13.2. The van der Waals surface area contributed by atoms with E-state index in [9.17, 15) is 5.11 Å². The summed E-state index contributed by atoms with van der Waals surface area (Å²) >= 11 is 7.45. The molecule has 25 heavy (non-hydrogen) atoms. The van der Waals surface area contributed by atoms with Crippen molar-refractivity contribution in [2.45, 2.75) is 6.54 Å². The molecule has 1 aliphatic heterocycles. The van der Waals surface area contributed by atoms with Crippen LogP contribution in [0.25, 0.3) is 11.3 Å². The molecule has 7 heteroatoms. The Kier molecular flexibility index (Phi) is 4.48. The molecular formula is C18H15ClN2O3S. The minimum Gasteiger partial charge on any atom is -0.454 e. The average molecular weight is 375 g/mol. The van der Waals surface area contributed by atoms with E-state index < -0.39 is 0 Å².